The lowest BCUT2D eigenvalue weighted by atomic mass is 9.81. The van der Waals surface area contributed by atoms with Gasteiger partial charge >= 0.3 is 0 Å². The molecule has 1 amide bonds. The van der Waals surface area contributed by atoms with E-state index >= 15 is 0 Å². The highest BCUT2D eigenvalue weighted by molar-refractivity contribution is 7.92. The molecule has 46 heavy (non-hydrogen) atoms. The number of halogens is 1. The second-order valence-corrected chi connectivity index (χ2v) is 15.1. The van der Waals surface area contributed by atoms with Gasteiger partial charge in [0.15, 0.2) is 15.7 Å². The zero-order valence-electron chi connectivity index (χ0n) is 27.2. The number of hydrogen-bond acceptors (Lipinski definition) is 9. The maximum absolute atomic E-state index is 13.2. The third-order valence-electron chi connectivity index (χ3n) is 7.92. The molecule has 0 bridgehead atoms. The number of aliphatic hydroxyl groups is 1. The maximum Gasteiger partial charge on any atom is 0.251 e. The predicted octanol–water partition coefficient (Wildman–Crippen LogP) is 7.15. The molecular formula is C34H44ClN5O5S. The first kappa shape index (κ1) is 35.2. The summed E-state index contributed by atoms with van der Waals surface area (Å²) in [5, 5.41) is 18.1. The van der Waals surface area contributed by atoms with Gasteiger partial charge in [0, 0.05) is 19.2 Å². The van der Waals surface area contributed by atoms with E-state index < -0.39 is 15.1 Å². The number of para-hydroxylation sites is 1. The Morgan fingerprint density at radius 2 is 1.85 bits per heavy atom. The summed E-state index contributed by atoms with van der Waals surface area (Å²) in [6.07, 6.45) is 7.07. The van der Waals surface area contributed by atoms with Crippen LogP contribution in [0, 0.1) is 11.8 Å². The van der Waals surface area contributed by atoms with Crippen molar-refractivity contribution >= 4 is 56.1 Å². The number of sulfone groups is 1. The Morgan fingerprint density at radius 3 is 2.48 bits per heavy atom. The summed E-state index contributed by atoms with van der Waals surface area (Å²) < 4.78 is 32.2. The highest BCUT2D eigenvalue weighted by Gasteiger charge is 2.25. The Morgan fingerprint density at radius 1 is 1.11 bits per heavy atom. The van der Waals surface area contributed by atoms with E-state index in [9.17, 15) is 18.3 Å². The van der Waals surface area contributed by atoms with Crippen molar-refractivity contribution in [3.05, 3.63) is 64.8 Å². The van der Waals surface area contributed by atoms with Crippen LogP contribution in [0.4, 0.5) is 23.1 Å². The Balaban J connectivity index is 1.71. The van der Waals surface area contributed by atoms with Crippen LogP contribution in [0.3, 0.4) is 0 Å². The number of amides is 1. The maximum atomic E-state index is 13.2. The number of benzene rings is 2. The Hall–Kier alpha value is -3.67. The molecular weight excluding hydrogens is 626 g/mol. The van der Waals surface area contributed by atoms with E-state index in [0.29, 0.717) is 28.6 Å². The molecule has 2 aromatic carbocycles. The third kappa shape index (κ3) is 8.37. The van der Waals surface area contributed by atoms with Gasteiger partial charge in [0.2, 0.25) is 5.95 Å². The van der Waals surface area contributed by atoms with E-state index in [1.165, 1.54) is 6.20 Å². The number of aromatic nitrogens is 2. The molecule has 2 atom stereocenters. The van der Waals surface area contributed by atoms with Gasteiger partial charge in [-0.05, 0) is 101 Å². The summed E-state index contributed by atoms with van der Waals surface area (Å²) in [6, 6.07) is 10.2. The summed E-state index contributed by atoms with van der Waals surface area (Å²) in [5.74, 6) is 1.40. The number of hydrogen-bond donors (Lipinski definition) is 4. The first-order chi connectivity index (χ1) is 21.8. The summed E-state index contributed by atoms with van der Waals surface area (Å²) in [6.45, 7) is 9.34. The second kappa shape index (κ2) is 15.3. The highest BCUT2D eigenvalue weighted by Crippen LogP contribution is 2.40. The van der Waals surface area contributed by atoms with Crippen LogP contribution >= 0.6 is 11.6 Å². The van der Waals surface area contributed by atoms with Crippen LogP contribution in [0.15, 0.2) is 53.6 Å². The summed E-state index contributed by atoms with van der Waals surface area (Å²) >= 11 is 6.46. The lowest BCUT2D eigenvalue weighted by Gasteiger charge is -2.26. The van der Waals surface area contributed by atoms with Gasteiger partial charge in [-0.1, -0.05) is 36.7 Å². The summed E-state index contributed by atoms with van der Waals surface area (Å²) in [5.41, 5.74) is 3.19. The molecule has 1 unspecified atom stereocenters. The number of nitrogens with one attached hydrogen (secondary N) is 3. The van der Waals surface area contributed by atoms with Gasteiger partial charge in [-0.3, -0.25) is 4.79 Å². The van der Waals surface area contributed by atoms with Crippen LogP contribution < -0.4 is 20.7 Å². The fraction of sp³-hybridized carbons (Fsp3) is 0.441. The van der Waals surface area contributed by atoms with Crippen molar-refractivity contribution in [3.8, 4) is 5.75 Å². The van der Waals surface area contributed by atoms with Gasteiger partial charge in [-0.2, -0.15) is 4.98 Å². The predicted molar refractivity (Wildman–Crippen MR) is 184 cm³/mol. The number of allylic oxidation sites excluding steroid dienone is 2. The fourth-order valence-corrected chi connectivity index (χ4v) is 6.78. The van der Waals surface area contributed by atoms with Crippen molar-refractivity contribution in [3.63, 3.8) is 0 Å². The second-order valence-electron chi connectivity index (χ2n) is 12.3. The number of rotatable bonds is 13. The van der Waals surface area contributed by atoms with Gasteiger partial charge < -0.3 is 25.8 Å². The Labute approximate surface area is 277 Å². The van der Waals surface area contributed by atoms with Gasteiger partial charge in [-0.25, -0.2) is 13.4 Å². The van der Waals surface area contributed by atoms with Crippen LogP contribution in [0.5, 0.6) is 5.75 Å². The van der Waals surface area contributed by atoms with Gasteiger partial charge in [0.05, 0.1) is 33.8 Å². The molecule has 0 saturated heterocycles. The molecule has 4 N–H and O–H groups in total. The lowest BCUT2D eigenvalue weighted by molar-refractivity contribution is 0.0962. The molecule has 0 radical (unpaired) electrons. The zero-order valence-corrected chi connectivity index (χ0v) is 28.8. The van der Waals surface area contributed by atoms with Gasteiger partial charge in [0.1, 0.15) is 10.8 Å². The van der Waals surface area contributed by atoms with E-state index in [2.05, 4.69) is 38.9 Å². The number of nitrogens with zero attached hydrogens (tertiary/aromatic N) is 2. The number of carbonyl (C=O) groups excluding carboxylic acids is 1. The van der Waals surface area contributed by atoms with E-state index in [1.54, 1.807) is 51.2 Å². The number of ether oxygens (including phenoxy) is 1. The molecule has 4 rings (SSSR count). The average Bonchev–Trinajstić information content (AvgIpc) is 3.03. The monoisotopic (exact) mass is 669 g/mol. The van der Waals surface area contributed by atoms with E-state index in [4.69, 9.17) is 16.3 Å². The number of carbonyl (C=O) groups is 1. The molecule has 1 aromatic heterocycles. The largest absolute Gasteiger partial charge is 0.489 e. The van der Waals surface area contributed by atoms with Crippen LogP contribution in [0.2, 0.25) is 5.02 Å². The molecule has 12 heteroatoms. The summed E-state index contributed by atoms with van der Waals surface area (Å²) in [7, 11) is -1.99. The minimum Gasteiger partial charge on any atom is -0.489 e. The molecule has 3 aromatic rings. The zero-order chi connectivity index (χ0) is 33.6. The average molecular weight is 670 g/mol. The minimum absolute atomic E-state index is 0.138. The first-order valence-electron chi connectivity index (χ1n) is 15.6. The SMILES string of the molecule is CNC(=O)c1cc(Nc2ncc(Cl)c(Nc3ccccc3S(=O)(=O)C(C)C)n2)c(OC(C)C)cc1C1=CCC(C[C@H](C)CO)CC1. The van der Waals surface area contributed by atoms with Crippen molar-refractivity contribution in [1.82, 2.24) is 15.3 Å². The molecule has 1 aliphatic carbocycles. The standard InChI is InChI=1S/C34H44ClN5O5S/c1-20(2)45-30-17-25(24-13-11-23(12-14-24)15-22(5)19-41)26(33(42)36-6)16-29(30)39-34-37-18-27(35)32(40-34)38-28-9-7-8-10-31(28)46(43,44)21(3)4/h7-10,13,16-18,20-23,41H,11-12,14-15,19H2,1-6H3,(H,36,42)(H2,37,38,39,40)/t22-,23?/m0/s1. The molecule has 1 aliphatic rings. The smallest absolute Gasteiger partial charge is 0.251 e. The minimum atomic E-state index is -3.59. The van der Waals surface area contributed by atoms with Crippen LogP contribution in [0.1, 0.15) is 76.2 Å². The van der Waals surface area contributed by atoms with Crippen molar-refractivity contribution in [2.75, 3.05) is 24.3 Å². The quantitative estimate of drug-likeness (QED) is 0.149. The highest BCUT2D eigenvalue weighted by atomic mass is 35.5. The molecule has 0 aliphatic heterocycles. The molecule has 0 fully saturated rings. The molecule has 0 spiro atoms. The van der Waals surface area contributed by atoms with E-state index in [-0.39, 0.29) is 46.2 Å². The lowest BCUT2D eigenvalue weighted by Crippen LogP contribution is -2.21. The van der Waals surface area contributed by atoms with Crippen molar-refractivity contribution in [2.45, 2.75) is 76.6 Å². The van der Waals surface area contributed by atoms with Crippen molar-refractivity contribution < 1.29 is 23.1 Å². The van der Waals surface area contributed by atoms with Crippen LogP contribution in [0.25, 0.3) is 5.57 Å². The number of anilines is 4. The van der Waals surface area contributed by atoms with Crippen molar-refractivity contribution in [1.29, 1.82) is 0 Å². The van der Waals surface area contributed by atoms with Crippen LogP contribution in [-0.2, 0) is 9.84 Å². The first-order valence-corrected chi connectivity index (χ1v) is 17.5. The topological polar surface area (TPSA) is 143 Å². The summed E-state index contributed by atoms with van der Waals surface area (Å²) in [4.78, 5) is 22.2. The fourth-order valence-electron chi connectivity index (χ4n) is 5.44. The van der Waals surface area contributed by atoms with Gasteiger partial charge in [0.25, 0.3) is 5.91 Å². The molecule has 248 valence electrons. The van der Waals surface area contributed by atoms with Crippen LogP contribution in [-0.4, -0.2) is 54.4 Å². The molecule has 10 nitrogen and oxygen atoms in total. The molecule has 1 heterocycles. The van der Waals surface area contributed by atoms with E-state index in [1.807, 2.05) is 19.9 Å². The Bertz CT molecular complexity index is 1690. The normalized spacial score (nSPS) is 15.8. The molecule has 0 saturated carbocycles. The van der Waals surface area contributed by atoms with Gasteiger partial charge in [-0.15, -0.1) is 0 Å². The van der Waals surface area contributed by atoms with E-state index in [0.717, 1.165) is 36.8 Å². The number of aliphatic hydroxyl groups excluding tert-OH is 1. The Kier molecular flexibility index (Phi) is 11.7. The third-order valence-corrected chi connectivity index (χ3v) is 10.4. The van der Waals surface area contributed by atoms with Crippen molar-refractivity contribution in [2.24, 2.45) is 11.8 Å².